The smallest absolute Gasteiger partial charge is 0.277 e. The first-order valence-corrected chi connectivity index (χ1v) is 22.6. The number of aromatic nitrogens is 4. The largest absolute Gasteiger partial charge is 0.354 e. The molecule has 8 bridgehead atoms. The van der Waals surface area contributed by atoms with Crippen LogP contribution in [0.25, 0.3) is 66.6 Å². The molecule has 10 heteroatoms. The first kappa shape index (κ1) is 43.9. The van der Waals surface area contributed by atoms with Gasteiger partial charge in [-0.15, -0.1) is 0 Å². The molecule has 0 unspecified atom stereocenters. The third-order valence-corrected chi connectivity index (χ3v) is 12.9. The molecule has 0 atom stereocenters. The van der Waals surface area contributed by atoms with Crippen molar-refractivity contribution >= 4 is 55.7 Å². The van der Waals surface area contributed by atoms with Gasteiger partial charge < -0.3 is 9.97 Å². The summed E-state index contributed by atoms with van der Waals surface area (Å²) in [6.45, 7) is 17.2. The fourth-order valence-corrected chi connectivity index (χ4v) is 9.41. The molecule has 322 valence electrons. The van der Waals surface area contributed by atoms with Crippen LogP contribution in [0.5, 0.6) is 0 Å². The molecule has 0 saturated carbocycles. The SMILES string of the molecule is CCCCC1=C(C)c2nc1cc1[nH]c(c(C)c1CCCC)c(-c1ccccc1[N+](=O)[O-])c1[nH]c(cc3nc(c2-c2ccccc2[N+](=O)[O-])C(C)=C3CCCC)c(CCCC)c1C. The third kappa shape index (κ3) is 8.15. The molecule has 0 fully saturated rings. The number of fused-ring (bicyclic) bond motifs is 8. The monoisotopic (exact) mass is 832 g/mol. The van der Waals surface area contributed by atoms with Gasteiger partial charge in [-0.1, -0.05) is 77.6 Å². The van der Waals surface area contributed by atoms with E-state index in [0.717, 1.165) is 161 Å². The second-order valence-corrected chi connectivity index (χ2v) is 16.9. The van der Waals surface area contributed by atoms with Crippen molar-refractivity contribution in [2.75, 3.05) is 0 Å². The maximum absolute atomic E-state index is 12.8. The fourth-order valence-electron chi connectivity index (χ4n) is 9.41. The van der Waals surface area contributed by atoms with Crippen LogP contribution in [0.4, 0.5) is 11.4 Å². The molecular weight excluding hydrogens is 773 g/mol. The van der Waals surface area contributed by atoms with Gasteiger partial charge in [0.05, 0.1) is 54.8 Å². The highest BCUT2D eigenvalue weighted by molar-refractivity contribution is 6.04. The molecule has 5 heterocycles. The summed E-state index contributed by atoms with van der Waals surface area (Å²) in [6.07, 6.45) is 11.0. The van der Waals surface area contributed by atoms with Crippen LogP contribution < -0.4 is 0 Å². The van der Waals surface area contributed by atoms with E-state index in [9.17, 15) is 20.2 Å². The Morgan fingerprint density at radius 1 is 0.532 bits per heavy atom. The van der Waals surface area contributed by atoms with Gasteiger partial charge in [0.2, 0.25) is 0 Å². The summed E-state index contributed by atoms with van der Waals surface area (Å²) in [5.41, 5.74) is 17.6. The standard InChI is InChI=1S/C52H60N6O4/c1-9-13-21-35-31(5)49-47(39-25-17-19-27-45(39)57(59)60)50-33(7)37(23-15-11-3)43(55-50)30-44-38(24-16-12-4)34(8)52(56-44)48(40-26-18-20-28-46(40)58(61)62)51-32(6)36(22-14-10-2)42(54-51)29-41(35)53-49/h17-20,25-30,53,55H,9-16,21-24H2,1-8H3. The van der Waals surface area contributed by atoms with Gasteiger partial charge in [-0.25, -0.2) is 9.97 Å². The number of nitro groups is 2. The molecule has 0 saturated heterocycles. The van der Waals surface area contributed by atoms with Gasteiger partial charge in [0.1, 0.15) is 0 Å². The Balaban J connectivity index is 1.80. The summed E-state index contributed by atoms with van der Waals surface area (Å²) in [5.74, 6) is 0. The summed E-state index contributed by atoms with van der Waals surface area (Å²) in [4.78, 5) is 43.8. The van der Waals surface area contributed by atoms with Crippen molar-refractivity contribution in [3.8, 4) is 22.3 Å². The Morgan fingerprint density at radius 3 is 1.29 bits per heavy atom. The van der Waals surface area contributed by atoms with Crippen molar-refractivity contribution in [3.63, 3.8) is 0 Å². The molecule has 5 aromatic rings. The van der Waals surface area contributed by atoms with E-state index in [1.54, 1.807) is 24.3 Å². The molecule has 0 spiro atoms. The van der Waals surface area contributed by atoms with E-state index in [-0.39, 0.29) is 21.2 Å². The van der Waals surface area contributed by atoms with Gasteiger partial charge >= 0.3 is 0 Å². The van der Waals surface area contributed by atoms with Crippen LogP contribution in [-0.2, 0) is 12.8 Å². The number of H-pyrrole nitrogens is 2. The molecule has 2 aromatic carbocycles. The highest BCUT2D eigenvalue weighted by atomic mass is 16.6. The minimum Gasteiger partial charge on any atom is -0.354 e. The molecule has 3 aromatic heterocycles. The number of nitrogens with zero attached hydrogens (tertiary/aromatic N) is 4. The zero-order chi connectivity index (χ0) is 44.2. The van der Waals surface area contributed by atoms with Crippen molar-refractivity contribution in [1.29, 1.82) is 0 Å². The molecule has 0 aliphatic carbocycles. The molecule has 0 radical (unpaired) electrons. The van der Waals surface area contributed by atoms with E-state index in [4.69, 9.17) is 9.97 Å². The number of aryl methyl sites for hydroxylation is 4. The Morgan fingerprint density at radius 2 is 0.903 bits per heavy atom. The number of allylic oxidation sites excluding steroid dienone is 4. The number of aromatic amines is 2. The van der Waals surface area contributed by atoms with E-state index < -0.39 is 0 Å². The van der Waals surface area contributed by atoms with Gasteiger partial charge in [-0.2, -0.15) is 0 Å². The molecule has 10 nitrogen and oxygen atoms in total. The highest BCUT2D eigenvalue weighted by Gasteiger charge is 2.30. The third-order valence-electron chi connectivity index (χ3n) is 12.9. The number of nitro benzene ring substituents is 2. The maximum Gasteiger partial charge on any atom is 0.277 e. The van der Waals surface area contributed by atoms with E-state index in [0.29, 0.717) is 28.1 Å². The average Bonchev–Trinajstić information content (AvgIpc) is 3.94. The van der Waals surface area contributed by atoms with E-state index in [1.165, 1.54) is 0 Å². The lowest BCUT2D eigenvalue weighted by Crippen LogP contribution is -1.97. The van der Waals surface area contributed by atoms with Crippen LogP contribution in [0, 0.1) is 34.1 Å². The summed E-state index contributed by atoms with van der Waals surface area (Å²) in [7, 11) is 0. The zero-order valence-electron chi connectivity index (χ0n) is 37.7. The minimum absolute atomic E-state index is 0.0130. The summed E-state index contributed by atoms with van der Waals surface area (Å²) in [6, 6.07) is 18.4. The first-order valence-electron chi connectivity index (χ1n) is 22.6. The van der Waals surface area contributed by atoms with E-state index in [2.05, 4.69) is 77.5 Å². The molecule has 2 aliphatic heterocycles. The number of benzene rings is 2. The predicted molar refractivity (Wildman–Crippen MR) is 256 cm³/mol. The van der Waals surface area contributed by atoms with Crippen molar-refractivity contribution in [3.05, 3.63) is 126 Å². The van der Waals surface area contributed by atoms with Gasteiger partial charge in [0, 0.05) is 34.3 Å². The predicted octanol–water partition coefficient (Wildman–Crippen LogP) is 15.0. The van der Waals surface area contributed by atoms with Gasteiger partial charge in [-0.05, 0) is 148 Å². The second-order valence-electron chi connectivity index (χ2n) is 16.9. The van der Waals surface area contributed by atoms with Gasteiger partial charge in [-0.3, -0.25) is 20.2 Å². The molecule has 2 N–H and O–H groups in total. The number of unbranched alkanes of at least 4 members (excludes halogenated alkanes) is 4. The summed E-state index contributed by atoms with van der Waals surface area (Å²) < 4.78 is 0. The summed E-state index contributed by atoms with van der Waals surface area (Å²) >= 11 is 0. The number of hydrogen-bond donors (Lipinski definition) is 2. The van der Waals surface area contributed by atoms with Crippen molar-refractivity contribution in [1.82, 2.24) is 19.9 Å². The minimum atomic E-state index is -0.300. The molecule has 62 heavy (non-hydrogen) atoms. The first-order chi connectivity index (χ1) is 29.9. The number of para-hydroxylation sites is 2. The highest BCUT2D eigenvalue weighted by Crippen LogP contribution is 2.47. The van der Waals surface area contributed by atoms with E-state index >= 15 is 0 Å². The van der Waals surface area contributed by atoms with Crippen molar-refractivity contribution < 1.29 is 9.85 Å². The van der Waals surface area contributed by atoms with Crippen LogP contribution >= 0.6 is 0 Å². The zero-order valence-corrected chi connectivity index (χ0v) is 37.7. The topological polar surface area (TPSA) is 144 Å². The Bertz CT molecular complexity index is 2670. The number of nitrogens with one attached hydrogen (secondary N) is 2. The van der Waals surface area contributed by atoms with E-state index in [1.807, 2.05) is 24.3 Å². The van der Waals surface area contributed by atoms with Gasteiger partial charge in [0.25, 0.3) is 11.4 Å². The van der Waals surface area contributed by atoms with Crippen molar-refractivity contribution in [2.24, 2.45) is 0 Å². The molecule has 0 amide bonds. The van der Waals surface area contributed by atoms with Crippen LogP contribution in [0.3, 0.4) is 0 Å². The fraction of sp³-hybridized carbons (Fsp3) is 0.385. The van der Waals surface area contributed by atoms with Crippen LogP contribution in [-0.4, -0.2) is 29.8 Å². The summed E-state index contributed by atoms with van der Waals surface area (Å²) in [5, 5.41) is 25.7. The lowest BCUT2D eigenvalue weighted by Gasteiger charge is -2.11. The average molecular weight is 833 g/mol. The normalized spacial score (nSPS) is 12.8. The Labute approximate surface area is 365 Å². The Kier molecular flexibility index (Phi) is 13.3. The Hall–Kier alpha value is -6.16. The number of hydrogen-bond acceptors (Lipinski definition) is 6. The quantitative estimate of drug-likeness (QED) is 0.0748. The lowest BCUT2D eigenvalue weighted by molar-refractivity contribution is -0.384. The van der Waals surface area contributed by atoms with Crippen LogP contribution in [0.1, 0.15) is 151 Å². The lowest BCUT2D eigenvalue weighted by atomic mass is 9.91. The molecule has 7 rings (SSSR count). The van der Waals surface area contributed by atoms with Crippen LogP contribution in [0.15, 0.2) is 60.7 Å². The molecule has 2 aliphatic rings. The van der Waals surface area contributed by atoms with Crippen LogP contribution in [0.2, 0.25) is 0 Å². The van der Waals surface area contributed by atoms with Gasteiger partial charge in [0.15, 0.2) is 0 Å². The second kappa shape index (κ2) is 18.8. The molecular formula is C52H60N6O4. The van der Waals surface area contributed by atoms with Crippen molar-refractivity contribution in [2.45, 2.75) is 132 Å². The maximum atomic E-state index is 12.8. The number of rotatable bonds is 16.